The number of oxazole rings is 1. The molecule has 4 rings (SSSR count). The van der Waals surface area contributed by atoms with E-state index in [1.807, 2.05) is 0 Å². The summed E-state index contributed by atoms with van der Waals surface area (Å²) in [5.74, 6) is 0.745. The fraction of sp³-hybridized carbons (Fsp3) is 0.292. The van der Waals surface area contributed by atoms with Crippen molar-refractivity contribution in [3.05, 3.63) is 71.5 Å². The van der Waals surface area contributed by atoms with Crippen LogP contribution in [-0.2, 0) is 16.0 Å². The van der Waals surface area contributed by atoms with Crippen LogP contribution in [0.2, 0.25) is 5.02 Å². The van der Waals surface area contributed by atoms with Crippen LogP contribution in [0.15, 0.2) is 59.1 Å². The summed E-state index contributed by atoms with van der Waals surface area (Å²) in [7, 11) is 0. The minimum absolute atomic E-state index is 0.0369. The molecule has 0 bridgehead atoms. The van der Waals surface area contributed by atoms with E-state index in [-0.39, 0.29) is 30.7 Å². The van der Waals surface area contributed by atoms with Crippen molar-refractivity contribution in [3.63, 3.8) is 0 Å². The summed E-state index contributed by atoms with van der Waals surface area (Å²) >= 11 is 5.84. The van der Waals surface area contributed by atoms with Gasteiger partial charge in [0, 0.05) is 44.0 Å². The number of aryl methyl sites for hydroxylation is 1. The van der Waals surface area contributed by atoms with Crippen molar-refractivity contribution < 1.29 is 23.1 Å². The fourth-order valence-corrected chi connectivity index (χ4v) is 3.68. The van der Waals surface area contributed by atoms with Gasteiger partial charge >= 0.3 is 0 Å². The van der Waals surface area contributed by atoms with Crippen LogP contribution in [0.25, 0.3) is 11.3 Å². The van der Waals surface area contributed by atoms with Crippen molar-refractivity contribution in [2.45, 2.75) is 12.8 Å². The predicted molar refractivity (Wildman–Crippen MR) is 120 cm³/mol. The fourth-order valence-electron chi connectivity index (χ4n) is 3.56. The van der Waals surface area contributed by atoms with E-state index in [0.717, 1.165) is 0 Å². The molecule has 1 aliphatic rings. The Hall–Kier alpha value is -3.39. The summed E-state index contributed by atoms with van der Waals surface area (Å²) in [6.45, 7) is 1.75. The van der Waals surface area contributed by atoms with E-state index in [9.17, 15) is 14.0 Å². The third-order valence-electron chi connectivity index (χ3n) is 5.41. The molecule has 7 nitrogen and oxygen atoms in total. The van der Waals surface area contributed by atoms with Crippen LogP contribution in [0.1, 0.15) is 12.3 Å². The van der Waals surface area contributed by atoms with Gasteiger partial charge in [0.1, 0.15) is 11.6 Å². The average molecular weight is 472 g/mol. The SMILES string of the molecule is O=C(CCc1ncc(-c2ccccc2F)o1)N1CCN(C(=O)COc2ccc(Cl)cc2)CC1. The van der Waals surface area contributed by atoms with E-state index in [2.05, 4.69) is 4.98 Å². The number of benzene rings is 2. The lowest BCUT2D eigenvalue weighted by molar-refractivity contribution is -0.140. The predicted octanol–water partition coefficient (Wildman–Crippen LogP) is 3.82. The maximum atomic E-state index is 13.9. The summed E-state index contributed by atoms with van der Waals surface area (Å²) in [6.07, 6.45) is 2.01. The molecule has 0 unspecified atom stereocenters. The number of rotatable bonds is 7. The van der Waals surface area contributed by atoms with Crippen LogP contribution in [0.5, 0.6) is 5.75 Å². The van der Waals surface area contributed by atoms with Crippen LogP contribution in [-0.4, -0.2) is 59.4 Å². The number of nitrogens with zero attached hydrogens (tertiary/aromatic N) is 3. The van der Waals surface area contributed by atoms with Gasteiger partial charge in [0.05, 0.1) is 11.8 Å². The lowest BCUT2D eigenvalue weighted by Crippen LogP contribution is -2.51. The number of ether oxygens (including phenoxy) is 1. The molecule has 0 aliphatic carbocycles. The highest BCUT2D eigenvalue weighted by Gasteiger charge is 2.24. The third kappa shape index (κ3) is 5.90. The number of piperazine rings is 1. The van der Waals surface area contributed by atoms with Gasteiger partial charge in [0.25, 0.3) is 5.91 Å². The molecule has 3 aromatic rings. The zero-order valence-electron chi connectivity index (χ0n) is 17.9. The zero-order chi connectivity index (χ0) is 23.2. The minimum atomic E-state index is -0.387. The van der Waals surface area contributed by atoms with E-state index in [1.54, 1.807) is 52.3 Å². The quantitative estimate of drug-likeness (QED) is 0.523. The number of halogens is 2. The molecule has 1 saturated heterocycles. The monoisotopic (exact) mass is 471 g/mol. The number of carbonyl (C=O) groups is 2. The molecule has 0 saturated carbocycles. The molecule has 2 heterocycles. The van der Waals surface area contributed by atoms with Crippen LogP contribution >= 0.6 is 11.6 Å². The van der Waals surface area contributed by atoms with Crippen molar-refractivity contribution in [3.8, 4) is 17.1 Å². The highest BCUT2D eigenvalue weighted by atomic mass is 35.5. The van der Waals surface area contributed by atoms with Crippen molar-refractivity contribution in [1.82, 2.24) is 14.8 Å². The minimum Gasteiger partial charge on any atom is -0.484 e. The molecule has 0 radical (unpaired) electrons. The first-order chi connectivity index (χ1) is 16.0. The number of hydrogen-bond acceptors (Lipinski definition) is 5. The zero-order valence-corrected chi connectivity index (χ0v) is 18.6. The summed E-state index contributed by atoms with van der Waals surface area (Å²) in [5, 5.41) is 0.600. The van der Waals surface area contributed by atoms with Gasteiger partial charge in [-0.05, 0) is 36.4 Å². The van der Waals surface area contributed by atoms with E-state index in [1.165, 1.54) is 12.3 Å². The number of aromatic nitrogens is 1. The van der Waals surface area contributed by atoms with Crippen molar-refractivity contribution in [2.75, 3.05) is 32.8 Å². The Morgan fingerprint density at radius 1 is 1.00 bits per heavy atom. The van der Waals surface area contributed by atoms with Gasteiger partial charge in [0.2, 0.25) is 5.91 Å². The van der Waals surface area contributed by atoms with Crippen LogP contribution < -0.4 is 4.74 Å². The van der Waals surface area contributed by atoms with E-state index in [4.69, 9.17) is 20.8 Å². The third-order valence-corrected chi connectivity index (χ3v) is 5.66. The second-order valence-corrected chi connectivity index (χ2v) is 8.04. The smallest absolute Gasteiger partial charge is 0.260 e. The first-order valence-corrected chi connectivity index (χ1v) is 11.0. The second kappa shape index (κ2) is 10.5. The molecule has 2 amide bonds. The van der Waals surface area contributed by atoms with Gasteiger partial charge in [0.15, 0.2) is 18.3 Å². The lowest BCUT2D eigenvalue weighted by atomic mass is 10.2. The Balaban J connectivity index is 1.21. The van der Waals surface area contributed by atoms with Gasteiger partial charge in [-0.15, -0.1) is 0 Å². The topological polar surface area (TPSA) is 75.9 Å². The molecule has 33 heavy (non-hydrogen) atoms. The molecule has 0 spiro atoms. The number of hydrogen-bond donors (Lipinski definition) is 0. The summed E-state index contributed by atoms with van der Waals surface area (Å²) in [4.78, 5) is 32.5. The Bertz CT molecular complexity index is 1110. The standard InChI is InChI=1S/C24H23ClFN3O4/c25-17-5-7-18(8-6-17)32-16-24(31)29-13-11-28(12-14-29)23(30)10-9-22-27-15-21(33-22)19-3-1-2-4-20(19)26/h1-8,15H,9-14,16H2. The molecule has 1 aliphatic heterocycles. The second-order valence-electron chi connectivity index (χ2n) is 7.60. The van der Waals surface area contributed by atoms with E-state index < -0.39 is 0 Å². The molecule has 1 fully saturated rings. The molecule has 9 heteroatoms. The normalized spacial score (nSPS) is 13.8. The molecule has 2 aromatic carbocycles. The van der Waals surface area contributed by atoms with Crippen molar-refractivity contribution in [1.29, 1.82) is 0 Å². The first kappa shape index (κ1) is 22.8. The maximum absolute atomic E-state index is 13.9. The highest BCUT2D eigenvalue weighted by molar-refractivity contribution is 6.30. The molecule has 0 N–H and O–H groups in total. The van der Waals surface area contributed by atoms with Gasteiger partial charge in [-0.25, -0.2) is 9.37 Å². The molecular weight excluding hydrogens is 449 g/mol. The Labute approximate surface area is 195 Å². The molecular formula is C24H23ClFN3O4. The van der Waals surface area contributed by atoms with Gasteiger partial charge < -0.3 is 19.0 Å². The maximum Gasteiger partial charge on any atom is 0.260 e. The molecule has 0 atom stereocenters. The van der Waals surface area contributed by atoms with Crippen LogP contribution in [0.3, 0.4) is 0 Å². The molecule has 172 valence electrons. The Kier molecular flexibility index (Phi) is 7.24. The van der Waals surface area contributed by atoms with Gasteiger partial charge in [-0.2, -0.15) is 0 Å². The van der Waals surface area contributed by atoms with Crippen LogP contribution in [0.4, 0.5) is 4.39 Å². The van der Waals surface area contributed by atoms with E-state index >= 15 is 0 Å². The first-order valence-electron chi connectivity index (χ1n) is 10.6. The molecule has 1 aromatic heterocycles. The van der Waals surface area contributed by atoms with Gasteiger partial charge in [-0.1, -0.05) is 23.7 Å². The summed E-state index contributed by atoms with van der Waals surface area (Å²) < 4.78 is 25.0. The van der Waals surface area contributed by atoms with Gasteiger partial charge in [-0.3, -0.25) is 9.59 Å². The summed E-state index contributed by atoms with van der Waals surface area (Å²) in [6, 6.07) is 13.1. The lowest BCUT2D eigenvalue weighted by Gasteiger charge is -2.34. The summed E-state index contributed by atoms with van der Waals surface area (Å²) in [5.41, 5.74) is 0.336. The van der Waals surface area contributed by atoms with E-state index in [0.29, 0.717) is 60.6 Å². The number of carbonyl (C=O) groups excluding carboxylic acids is 2. The Morgan fingerprint density at radius 2 is 1.67 bits per heavy atom. The Morgan fingerprint density at radius 3 is 2.36 bits per heavy atom. The largest absolute Gasteiger partial charge is 0.484 e. The van der Waals surface area contributed by atoms with Crippen molar-refractivity contribution >= 4 is 23.4 Å². The average Bonchev–Trinajstić information content (AvgIpc) is 3.31. The van der Waals surface area contributed by atoms with Crippen molar-refractivity contribution in [2.24, 2.45) is 0 Å². The highest BCUT2D eigenvalue weighted by Crippen LogP contribution is 2.23. The van der Waals surface area contributed by atoms with Crippen LogP contribution in [0, 0.1) is 5.82 Å². The number of amides is 2.